The highest BCUT2D eigenvalue weighted by molar-refractivity contribution is 6.35. The Hall–Kier alpha value is -1.78. The lowest BCUT2D eigenvalue weighted by Gasteiger charge is -2.08. The van der Waals surface area contributed by atoms with Crippen LogP contribution in [-0.4, -0.2) is 23.4 Å². The predicted molar refractivity (Wildman–Crippen MR) is 81.6 cm³/mol. The molecular formula is C15H13Cl2NO3. The first-order valence-corrected chi connectivity index (χ1v) is 7.11. The largest absolute Gasteiger partial charge is 0.492 e. The molecule has 0 amide bonds. The summed E-state index contributed by atoms with van der Waals surface area (Å²) in [4.78, 5) is 22.7. The molecule has 0 saturated carbocycles. The maximum absolute atomic E-state index is 11.9. The molecule has 1 heterocycles. The topological polar surface area (TPSA) is 48.3 Å². The Labute approximate surface area is 132 Å². The fourth-order valence-corrected chi connectivity index (χ4v) is 2.30. The third-order valence-electron chi connectivity index (χ3n) is 2.86. The van der Waals surface area contributed by atoms with E-state index in [2.05, 4.69) is 0 Å². The summed E-state index contributed by atoms with van der Waals surface area (Å²) in [6, 6.07) is 8.22. The van der Waals surface area contributed by atoms with Crippen LogP contribution in [0, 0.1) is 0 Å². The summed E-state index contributed by atoms with van der Waals surface area (Å²) in [5.41, 5.74) is 0.349. The van der Waals surface area contributed by atoms with Crippen molar-refractivity contribution < 1.29 is 14.3 Å². The number of aromatic nitrogens is 1. The fourth-order valence-electron chi connectivity index (χ4n) is 1.84. The smallest absolute Gasteiger partial charge is 0.231 e. The lowest BCUT2D eigenvalue weighted by molar-refractivity contribution is 0.0883. The molecule has 6 heteroatoms. The van der Waals surface area contributed by atoms with Gasteiger partial charge in [-0.2, -0.15) is 0 Å². The summed E-state index contributed by atoms with van der Waals surface area (Å²) < 4.78 is 6.83. The van der Waals surface area contributed by atoms with Gasteiger partial charge in [-0.3, -0.25) is 14.2 Å². The number of hydrogen-bond acceptors (Lipinski definition) is 3. The summed E-state index contributed by atoms with van der Waals surface area (Å²) in [6.45, 7) is 0.352. The highest BCUT2D eigenvalue weighted by atomic mass is 35.5. The Bertz CT molecular complexity index is 652. The number of hydrogen-bond donors (Lipinski definition) is 0. The van der Waals surface area contributed by atoms with Crippen LogP contribution in [0.5, 0.6) is 5.75 Å². The van der Waals surface area contributed by atoms with Gasteiger partial charge >= 0.3 is 0 Å². The minimum Gasteiger partial charge on any atom is -0.492 e. The van der Waals surface area contributed by atoms with Crippen molar-refractivity contribution in [3.05, 3.63) is 52.3 Å². The van der Waals surface area contributed by atoms with E-state index in [1.165, 1.54) is 4.57 Å². The van der Waals surface area contributed by atoms with Crippen LogP contribution in [0.2, 0.25) is 10.0 Å². The fraction of sp³-hybridized carbons (Fsp3) is 0.200. The second-order valence-electron chi connectivity index (χ2n) is 4.34. The molecule has 0 saturated heterocycles. The van der Waals surface area contributed by atoms with E-state index in [1.807, 2.05) is 0 Å². The standard InChI is InChI=1S/C15H13Cl2NO3/c16-11-5-6-14(13(17)9-11)21-8-2-4-15(20)18-7-1-3-12(18)10-19/h1,3,5-7,9-10H,2,4,8H2. The van der Waals surface area contributed by atoms with E-state index in [4.69, 9.17) is 27.9 Å². The molecule has 0 atom stereocenters. The van der Waals surface area contributed by atoms with E-state index in [0.717, 1.165) is 0 Å². The maximum Gasteiger partial charge on any atom is 0.231 e. The molecular weight excluding hydrogens is 313 g/mol. The van der Waals surface area contributed by atoms with Crippen molar-refractivity contribution >= 4 is 35.4 Å². The zero-order valence-electron chi connectivity index (χ0n) is 11.1. The molecule has 21 heavy (non-hydrogen) atoms. The van der Waals surface area contributed by atoms with Gasteiger partial charge in [0.1, 0.15) is 5.75 Å². The normalized spacial score (nSPS) is 10.4. The van der Waals surface area contributed by atoms with E-state index in [0.29, 0.717) is 40.8 Å². The van der Waals surface area contributed by atoms with E-state index in [-0.39, 0.29) is 12.3 Å². The molecule has 0 radical (unpaired) electrons. The van der Waals surface area contributed by atoms with Gasteiger partial charge in [-0.1, -0.05) is 23.2 Å². The second kappa shape index (κ2) is 7.29. The Morgan fingerprint density at radius 1 is 1.29 bits per heavy atom. The van der Waals surface area contributed by atoms with Crippen LogP contribution in [0.4, 0.5) is 0 Å². The average molecular weight is 326 g/mol. The molecule has 4 nitrogen and oxygen atoms in total. The van der Waals surface area contributed by atoms with Crippen molar-refractivity contribution in [2.24, 2.45) is 0 Å². The average Bonchev–Trinajstić information content (AvgIpc) is 2.93. The van der Waals surface area contributed by atoms with Crippen molar-refractivity contribution in [3.8, 4) is 5.75 Å². The minimum atomic E-state index is -0.145. The molecule has 1 aromatic heterocycles. The van der Waals surface area contributed by atoms with Gasteiger partial charge in [0, 0.05) is 17.6 Å². The third-order valence-corrected chi connectivity index (χ3v) is 3.39. The molecule has 0 aliphatic rings. The highest BCUT2D eigenvalue weighted by Crippen LogP contribution is 2.27. The van der Waals surface area contributed by atoms with Crippen LogP contribution >= 0.6 is 23.2 Å². The van der Waals surface area contributed by atoms with Crippen LogP contribution in [-0.2, 0) is 0 Å². The van der Waals surface area contributed by atoms with Crippen molar-refractivity contribution in [1.82, 2.24) is 4.57 Å². The van der Waals surface area contributed by atoms with E-state index < -0.39 is 0 Å². The van der Waals surface area contributed by atoms with Crippen molar-refractivity contribution in [2.45, 2.75) is 12.8 Å². The Morgan fingerprint density at radius 3 is 2.81 bits per heavy atom. The molecule has 0 unspecified atom stereocenters. The van der Waals surface area contributed by atoms with Gasteiger partial charge in [-0.25, -0.2) is 0 Å². The van der Waals surface area contributed by atoms with Gasteiger partial charge in [0.15, 0.2) is 6.29 Å². The molecule has 0 bridgehead atoms. The molecule has 2 rings (SSSR count). The number of nitrogens with zero attached hydrogens (tertiary/aromatic N) is 1. The lowest BCUT2D eigenvalue weighted by Crippen LogP contribution is -2.13. The van der Waals surface area contributed by atoms with E-state index >= 15 is 0 Å². The first-order valence-electron chi connectivity index (χ1n) is 6.35. The lowest BCUT2D eigenvalue weighted by atomic mass is 10.3. The van der Waals surface area contributed by atoms with Gasteiger partial charge in [0.05, 0.1) is 17.3 Å². The minimum absolute atomic E-state index is 0.145. The number of benzene rings is 1. The molecule has 2 aromatic rings. The third kappa shape index (κ3) is 4.09. The summed E-state index contributed by atoms with van der Waals surface area (Å²) in [7, 11) is 0. The molecule has 0 spiro atoms. The number of aldehydes is 1. The van der Waals surface area contributed by atoms with Gasteiger partial charge in [-0.15, -0.1) is 0 Å². The Morgan fingerprint density at radius 2 is 2.10 bits per heavy atom. The molecule has 0 N–H and O–H groups in total. The van der Waals surface area contributed by atoms with Crippen LogP contribution in [0.3, 0.4) is 0 Å². The SMILES string of the molecule is O=Cc1cccn1C(=O)CCCOc1ccc(Cl)cc1Cl. The molecule has 0 aliphatic heterocycles. The van der Waals surface area contributed by atoms with Crippen LogP contribution < -0.4 is 4.74 Å². The summed E-state index contributed by atoms with van der Waals surface area (Å²) in [5, 5.41) is 0.971. The Kier molecular flexibility index (Phi) is 5.42. The predicted octanol–water partition coefficient (Wildman–Crippen LogP) is 4.11. The quantitative estimate of drug-likeness (QED) is 0.593. The van der Waals surface area contributed by atoms with Crippen LogP contribution in [0.1, 0.15) is 28.1 Å². The monoisotopic (exact) mass is 325 g/mol. The number of ether oxygens (including phenoxy) is 1. The zero-order valence-corrected chi connectivity index (χ0v) is 12.6. The number of carbonyl (C=O) groups is 2. The summed E-state index contributed by atoms with van der Waals surface area (Å²) >= 11 is 11.8. The maximum atomic E-state index is 11.9. The molecule has 0 aliphatic carbocycles. The Balaban J connectivity index is 1.82. The van der Waals surface area contributed by atoms with Crippen LogP contribution in [0.25, 0.3) is 0 Å². The van der Waals surface area contributed by atoms with E-state index in [9.17, 15) is 9.59 Å². The van der Waals surface area contributed by atoms with Gasteiger partial charge in [-0.05, 0) is 36.8 Å². The summed E-state index contributed by atoms with van der Waals surface area (Å²) in [6.07, 6.45) is 3.03. The first-order chi connectivity index (χ1) is 10.1. The number of carbonyl (C=O) groups excluding carboxylic acids is 2. The van der Waals surface area contributed by atoms with Crippen molar-refractivity contribution in [3.63, 3.8) is 0 Å². The molecule has 110 valence electrons. The van der Waals surface area contributed by atoms with Gasteiger partial charge in [0.25, 0.3) is 0 Å². The van der Waals surface area contributed by atoms with Crippen LogP contribution in [0.15, 0.2) is 36.5 Å². The van der Waals surface area contributed by atoms with Crippen molar-refractivity contribution in [1.29, 1.82) is 0 Å². The van der Waals surface area contributed by atoms with E-state index in [1.54, 1.807) is 36.5 Å². The second-order valence-corrected chi connectivity index (χ2v) is 5.19. The van der Waals surface area contributed by atoms with Gasteiger partial charge < -0.3 is 4.74 Å². The van der Waals surface area contributed by atoms with Gasteiger partial charge in [0.2, 0.25) is 5.91 Å². The highest BCUT2D eigenvalue weighted by Gasteiger charge is 2.09. The number of halogens is 2. The van der Waals surface area contributed by atoms with Crippen molar-refractivity contribution in [2.75, 3.05) is 6.61 Å². The zero-order chi connectivity index (χ0) is 15.2. The summed E-state index contributed by atoms with van der Waals surface area (Å²) in [5.74, 6) is 0.385. The number of rotatable bonds is 6. The molecule has 1 aromatic carbocycles. The first kappa shape index (κ1) is 15.6. The molecule has 0 fully saturated rings.